The first-order chi connectivity index (χ1) is 9.56. The van der Waals surface area contributed by atoms with Crippen LogP contribution in [0, 0.1) is 0 Å². The van der Waals surface area contributed by atoms with E-state index in [2.05, 4.69) is 10.6 Å². The number of aliphatic carboxylic acids is 1. The number of carboxylic acids is 1. The Hall–Kier alpha value is -2.05. The molecule has 1 heterocycles. The number of benzene rings is 1. The Kier molecular flexibility index (Phi) is 4.60. The Labute approximate surface area is 124 Å². The third kappa shape index (κ3) is 3.72. The van der Waals surface area contributed by atoms with E-state index in [1.54, 1.807) is 41.8 Å². The molecule has 0 aliphatic rings. The summed E-state index contributed by atoms with van der Waals surface area (Å²) in [7, 11) is 0. The minimum absolute atomic E-state index is 0.482. The average Bonchev–Trinajstić information content (AvgIpc) is 2.89. The number of carbonyl (C=O) groups excluding carboxylic acids is 1. The molecule has 1 unspecified atom stereocenters. The molecule has 0 fully saturated rings. The Morgan fingerprint density at radius 1 is 1.25 bits per heavy atom. The van der Waals surface area contributed by atoms with E-state index in [0.717, 1.165) is 0 Å². The highest BCUT2D eigenvalue weighted by atomic mass is 35.5. The maximum Gasteiger partial charge on any atom is 0.331 e. The van der Waals surface area contributed by atoms with Gasteiger partial charge in [-0.05, 0) is 29.6 Å². The smallest absolute Gasteiger partial charge is 0.331 e. The Balaban J connectivity index is 2.04. The first kappa shape index (κ1) is 14.4. The monoisotopic (exact) mass is 310 g/mol. The molecular weight excluding hydrogens is 300 g/mol. The minimum Gasteiger partial charge on any atom is -0.479 e. The number of carbonyl (C=O) groups is 2. The summed E-state index contributed by atoms with van der Waals surface area (Å²) in [5.74, 6) is -1.12. The summed E-state index contributed by atoms with van der Waals surface area (Å²) < 4.78 is 0. The highest BCUT2D eigenvalue weighted by molar-refractivity contribution is 7.10. The predicted octanol–water partition coefficient (Wildman–Crippen LogP) is 3.35. The van der Waals surface area contributed by atoms with Crippen molar-refractivity contribution >= 4 is 40.6 Å². The maximum absolute atomic E-state index is 11.8. The second kappa shape index (κ2) is 6.40. The van der Waals surface area contributed by atoms with Crippen LogP contribution >= 0.6 is 22.9 Å². The largest absolute Gasteiger partial charge is 0.479 e. The van der Waals surface area contributed by atoms with Crippen LogP contribution in [0.2, 0.25) is 5.02 Å². The Morgan fingerprint density at radius 2 is 2.05 bits per heavy atom. The number of halogens is 1. The van der Waals surface area contributed by atoms with Crippen LogP contribution in [-0.4, -0.2) is 17.1 Å². The highest BCUT2D eigenvalue weighted by Crippen LogP contribution is 2.20. The molecule has 5 nitrogen and oxygen atoms in total. The van der Waals surface area contributed by atoms with Gasteiger partial charge in [-0.3, -0.25) is 0 Å². The van der Waals surface area contributed by atoms with Crippen LogP contribution in [0.25, 0.3) is 0 Å². The van der Waals surface area contributed by atoms with Gasteiger partial charge in [-0.1, -0.05) is 23.7 Å². The molecule has 2 aromatic rings. The van der Waals surface area contributed by atoms with E-state index in [1.165, 1.54) is 11.3 Å². The molecule has 104 valence electrons. The van der Waals surface area contributed by atoms with E-state index in [4.69, 9.17) is 16.7 Å². The van der Waals surface area contributed by atoms with Gasteiger partial charge >= 0.3 is 12.0 Å². The molecule has 1 atom stereocenters. The SMILES string of the molecule is O=C(Nc1cccc(Cl)c1)NC(C(=O)O)c1cccs1. The summed E-state index contributed by atoms with van der Waals surface area (Å²) in [5.41, 5.74) is 0.491. The number of hydrogen-bond donors (Lipinski definition) is 3. The standard InChI is InChI=1S/C13H11ClN2O3S/c14-8-3-1-4-9(7-8)15-13(19)16-11(12(17)18)10-5-2-6-20-10/h1-7,11H,(H,17,18)(H2,15,16,19). The summed E-state index contributed by atoms with van der Waals surface area (Å²) in [4.78, 5) is 23.5. The van der Waals surface area contributed by atoms with Gasteiger partial charge in [0, 0.05) is 15.6 Å². The molecule has 2 amide bonds. The van der Waals surface area contributed by atoms with Gasteiger partial charge in [0.1, 0.15) is 0 Å². The van der Waals surface area contributed by atoms with Gasteiger partial charge < -0.3 is 15.7 Å². The second-order valence-electron chi connectivity index (χ2n) is 3.90. The van der Waals surface area contributed by atoms with Crippen LogP contribution in [-0.2, 0) is 4.79 Å². The Bertz CT molecular complexity index is 616. The molecule has 1 aromatic carbocycles. The first-order valence-electron chi connectivity index (χ1n) is 5.65. The van der Waals surface area contributed by atoms with Gasteiger partial charge in [0.05, 0.1) is 0 Å². The van der Waals surface area contributed by atoms with Gasteiger partial charge in [-0.15, -0.1) is 11.3 Å². The summed E-state index contributed by atoms with van der Waals surface area (Å²) in [6.07, 6.45) is 0. The summed E-state index contributed by atoms with van der Waals surface area (Å²) >= 11 is 7.07. The number of nitrogens with one attached hydrogen (secondary N) is 2. The van der Waals surface area contributed by atoms with Crippen LogP contribution in [0.15, 0.2) is 41.8 Å². The normalized spacial score (nSPS) is 11.7. The number of thiophene rings is 1. The van der Waals surface area contributed by atoms with E-state index < -0.39 is 18.0 Å². The van der Waals surface area contributed by atoms with Crippen molar-refractivity contribution in [1.29, 1.82) is 0 Å². The fourth-order valence-electron chi connectivity index (χ4n) is 1.57. The first-order valence-corrected chi connectivity index (χ1v) is 6.91. The lowest BCUT2D eigenvalue weighted by molar-refractivity contribution is -0.139. The van der Waals surface area contributed by atoms with E-state index in [-0.39, 0.29) is 0 Å². The second-order valence-corrected chi connectivity index (χ2v) is 5.31. The predicted molar refractivity (Wildman–Crippen MR) is 78.3 cm³/mol. The fourth-order valence-corrected chi connectivity index (χ4v) is 2.53. The summed E-state index contributed by atoms with van der Waals surface area (Å²) in [6.45, 7) is 0. The van der Waals surface area contributed by atoms with E-state index in [9.17, 15) is 9.59 Å². The van der Waals surface area contributed by atoms with E-state index in [1.807, 2.05) is 0 Å². The number of anilines is 1. The third-order valence-electron chi connectivity index (χ3n) is 2.43. The quantitative estimate of drug-likeness (QED) is 0.810. The molecule has 2 rings (SSSR count). The number of hydrogen-bond acceptors (Lipinski definition) is 3. The average molecular weight is 311 g/mol. The zero-order chi connectivity index (χ0) is 14.5. The lowest BCUT2D eigenvalue weighted by Crippen LogP contribution is -2.36. The van der Waals surface area contributed by atoms with Gasteiger partial charge in [-0.2, -0.15) is 0 Å². The fraction of sp³-hybridized carbons (Fsp3) is 0.0769. The molecule has 20 heavy (non-hydrogen) atoms. The van der Waals surface area contributed by atoms with Crippen LogP contribution < -0.4 is 10.6 Å². The molecular formula is C13H11ClN2O3S. The number of urea groups is 1. The van der Waals surface area contributed by atoms with Crippen LogP contribution in [0.4, 0.5) is 10.5 Å². The molecule has 0 radical (unpaired) electrons. The summed E-state index contributed by atoms with van der Waals surface area (Å²) in [5, 5.41) is 16.3. The van der Waals surface area contributed by atoms with Crippen LogP contribution in [0.5, 0.6) is 0 Å². The molecule has 0 bridgehead atoms. The number of amides is 2. The van der Waals surface area contributed by atoms with Crippen LogP contribution in [0.1, 0.15) is 10.9 Å². The van der Waals surface area contributed by atoms with Gasteiger partial charge in [0.2, 0.25) is 0 Å². The lowest BCUT2D eigenvalue weighted by atomic mass is 10.2. The molecule has 3 N–H and O–H groups in total. The molecule has 1 aromatic heterocycles. The van der Waals surface area contributed by atoms with Crippen molar-refractivity contribution < 1.29 is 14.7 Å². The molecule has 0 aliphatic carbocycles. The van der Waals surface area contributed by atoms with E-state index >= 15 is 0 Å². The maximum atomic E-state index is 11.8. The van der Waals surface area contributed by atoms with Gasteiger partial charge in [0.25, 0.3) is 0 Å². The van der Waals surface area contributed by atoms with E-state index in [0.29, 0.717) is 15.6 Å². The molecule has 7 heteroatoms. The highest BCUT2D eigenvalue weighted by Gasteiger charge is 2.22. The van der Waals surface area contributed by atoms with Crippen molar-refractivity contribution in [3.05, 3.63) is 51.7 Å². The zero-order valence-corrected chi connectivity index (χ0v) is 11.7. The van der Waals surface area contributed by atoms with Crippen molar-refractivity contribution in [2.75, 3.05) is 5.32 Å². The number of carboxylic acid groups (broad SMARTS) is 1. The minimum atomic E-state index is -1.12. The van der Waals surface area contributed by atoms with Crippen molar-refractivity contribution in [1.82, 2.24) is 5.32 Å². The third-order valence-corrected chi connectivity index (χ3v) is 3.60. The lowest BCUT2D eigenvalue weighted by Gasteiger charge is -2.13. The molecule has 0 saturated heterocycles. The van der Waals surface area contributed by atoms with Crippen molar-refractivity contribution in [3.63, 3.8) is 0 Å². The van der Waals surface area contributed by atoms with Gasteiger partial charge in [-0.25, -0.2) is 9.59 Å². The molecule has 0 saturated carbocycles. The molecule has 0 spiro atoms. The van der Waals surface area contributed by atoms with Crippen LogP contribution in [0.3, 0.4) is 0 Å². The number of rotatable bonds is 4. The van der Waals surface area contributed by atoms with Gasteiger partial charge in [0.15, 0.2) is 6.04 Å². The summed E-state index contributed by atoms with van der Waals surface area (Å²) in [6, 6.07) is 8.30. The molecule has 0 aliphatic heterocycles. The Morgan fingerprint density at radius 3 is 2.65 bits per heavy atom. The zero-order valence-electron chi connectivity index (χ0n) is 10.2. The van der Waals surface area contributed by atoms with Crippen molar-refractivity contribution in [2.45, 2.75) is 6.04 Å². The topological polar surface area (TPSA) is 78.4 Å². The van der Waals surface area contributed by atoms with Crippen molar-refractivity contribution in [2.24, 2.45) is 0 Å². The van der Waals surface area contributed by atoms with Crippen molar-refractivity contribution in [3.8, 4) is 0 Å².